The molecule has 0 radical (unpaired) electrons. The van der Waals surface area contributed by atoms with Gasteiger partial charge in [-0.1, -0.05) is 13.8 Å². The summed E-state index contributed by atoms with van der Waals surface area (Å²) in [5, 5.41) is 2.41. The molecule has 1 saturated carbocycles. The molecule has 0 spiro atoms. The molecule has 0 heterocycles. The van der Waals surface area contributed by atoms with Gasteiger partial charge in [0.25, 0.3) is 0 Å². The Hall–Kier alpha value is -1.06. The van der Waals surface area contributed by atoms with E-state index in [0.29, 0.717) is 12.8 Å². The van der Waals surface area contributed by atoms with Crippen LogP contribution in [-0.2, 0) is 9.59 Å². The molecule has 4 heteroatoms. The van der Waals surface area contributed by atoms with Crippen molar-refractivity contribution in [3.63, 3.8) is 0 Å². The van der Waals surface area contributed by atoms with Crippen LogP contribution in [0.5, 0.6) is 0 Å². The first-order valence-corrected chi connectivity index (χ1v) is 4.15. The van der Waals surface area contributed by atoms with Gasteiger partial charge >= 0.3 is 0 Å². The summed E-state index contributed by atoms with van der Waals surface area (Å²) < 4.78 is 0. The van der Waals surface area contributed by atoms with Crippen molar-refractivity contribution in [2.24, 2.45) is 11.1 Å². The fourth-order valence-electron chi connectivity index (χ4n) is 0.950. The summed E-state index contributed by atoms with van der Waals surface area (Å²) in [5.41, 5.74) is 4.16. The minimum Gasteiger partial charge on any atom is -0.369 e. The van der Waals surface area contributed by atoms with Crippen molar-refractivity contribution in [3.05, 3.63) is 0 Å². The van der Waals surface area contributed by atoms with Gasteiger partial charge in [0.2, 0.25) is 11.8 Å². The number of nitrogens with one attached hydrogen (secondary N) is 1. The lowest BCUT2D eigenvalue weighted by molar-refractivity contribution is -0.135. The van der Waals surface area contributed by atoms with Crippen LogP contribution >= 0.6 is 0 Å². The number of carbonyl (C=O) groups excluding carboxylic acids is 2. The van der Waals surface area contributed by atoms with E-state index in [4.69, 9.17) is 5.73 Å². The summed E-state index contributed by atoms with van der Waals surface area (Å²) in [6.45, 7) is 4.00. The van der Waals surface area contributed by atoms with Crippen LogP contribution in [0.1, 0.15) is 26.7 Å². The summed E-state index contributed by atoms with van der Waals surface area (Å²) >= 11 is 0. The van der Waals surface area contributed by atoms with Crippen molar-refractivity contribution in [1.29, 1.82) is 0 Å². The highest BCUT2D eigenvalue weighted by molar-refractivity contribution is 6.07. The first-order valence-electron chi connectivity index (χ1n) is 4.15. The Balaban J connectivity index is 0.000000561. The van der Waals surface area contributed by atoms with Crippen molar-refractivity contribution < 1.29 is 9.59 Å². The van der Waals surface area contributed by atoms with Gasteiger partial charge in [0.05, 0.1) is 0 Å². The van der Waals surface area contributed by atoms with Gasteiger partial charge in [0.1, 0.15) is 5.41 Å². The maximum absolute atomic E-state index is 10.9. The highest BCUT2D eigenvalue weighted by Gasteiger charge is 2.54. The van der Waals surface area contributed by atoms with Gasteiger partial charge in [-0.25, -0.2) is 0 Å². The van der Waals surface area contributed by atoms with E-state index in [1.807, 2.05) is 13.8 Å². The predicted octanol–water partition coefficient (Wildman–Crippen LogP) is 0.0241. The third-order valence-electron chi connectivity index (χ3n) is 1.88. The molecule has 3 N–H and O–H groups in total. The molecule has 1 rings (SSSR count). The molecule has 0 aliphatic heterocycles. The van der Waals surface area contributed by atoms with E-state index in [1.165, 1.54) is 7.05 Å². The Bertz CT molecular complexity index is 185. The van der Waals surface area contributed by atoms with Gasteiger partial charge in [0, 0.05) is 7.05 Å². The Morgan fingerprint density at radius 3 is 1.83 bits per heavy atom. The first kappa shape index (κ1) is 10.9. The molecule has 0 aromatic carbocycles. The van der Waals surface area contributed by atoms with Crippen molar-refractivity contribution in [3.8, 4) is 0 Å². The maximum atomic E-state index is 10.9. The third kappa shape index (κ3) is 1.75. The third-order valence-corrected chi connectivity index (χ3v) is 1.88. The minimum atomic E-state index is -0.852. The van der Waals surface area contributed by atoms with E-state index >= 15 is 0 Å². The minimum absolute atomic E-state index is 0.250. The van der Waals surface area contributed by atoms with Crippen LogP contribution in [0.3, 0.4) is 0 Å². The maximum Gasteiger partial charge on any atom is 0.235 e. The second-order valence-corrected chi connectivity index (χ2v) is 2.53. The van der Waals surface area contributed by atoms with Crippen molar-refractivity contribution in [1.82, 2.24) is 5.32 Å². The molecular weight excluding hydrogens is 156 g/mol. The Morgan fingerprint density at radius 2 is 1.75 bits per heavy atom. The van der Waals surface area contributed by atoms with Gasteiger partial charge in [-0.15, -0.1) is 0 Å². The molecule has 12 heavy (non-hydrogen) atoms. The molecular formula is C8H16N2O2. The predicted molar refractivity (Wildman–Crippen MR) is 46.3 cm³/mol. The zero-order chi connectivity index (χ0) is 9.78. The first-order chi connectivity index (χ1) is 5.63. The van der Waals surface area contributed by atoms with Gasteiger partial charge < -0.3 is 11.1 Å². The summed E-state index contributed by atoms with van der Waals surface area (Å²) in [5.74, 6) is -0.758. The zero-order valence-corrected chi connectivity index (χ0v) is 7.81. The summed E-state index contributed by atoms with van der Waals surface area (Å²) in [7, 11) is 1.51. The molecule has 1 aliphatic carbocycles. The molecule has 2 amide bonds. The normalized spacial score (nSPS) is 16.9. The quantitative estimate of drug-likeness (QED) is 0.576. The van der Waals surface area contributed by atoms with Gasteiger partial charge in [0.15, 0.2) is 0 Å². The summed E-state index contributed by atoms with van der Waals surface area (Å²) in [6.07, 6.45) is 1.20. The molecule has 1 fully saturated rings. The van der Waals surface area contributed by atoms with Crippen molar-refractivity contribution in [2.75, 3.05) is 7.05 Å². The highest BCUT2D eigenvalue weighted by Crippen LogP contribution is 2.45. The molecule has 70 valence electrons. The number of rotatable bonds is 2. The smallest absolute Gasteiger partial charge is 0.235 e. The number of hydrogen-bond acceptors (Lipinski definition) is 2. The average Bonchev–Trinajstić information content (AvgIpc) is 2.87. The van der Waals surface area contributed by atoms with Crippen LogP contribution in [0.25, 0.3) is 0 Å². The van der Waals surface area contributed by atoms with Crippen LogP contribution < -0.4 is 11.1 Å². The topological polar surface area (TPSA) is 72.2 Å². The Morgan fingerprint density at radius 1 is 1.33 bits per heavy atom. The van der Waals surface area contributed by atoms with E-state index in [-0.39, 0.29) is 5.91 Å². The van der Waals surface area contributed by atoms with Crippen molar-refractivity contribution in [2.45, 2.75) is 26.7 Å². The molecule has 1 aliphatic rings. The molecule has 0 unspecified atom stereocenters. The number of carbonyl (C=O) groups is 2. The van der Waals surface area contributed by atoms with Crippen LogP contribution in [-0.4, -0.2) is 18.9 Å². The lowest BCUT2D eigenvalue weighted by atomic mass is 10.1. The summed E-state index contributed by atoms with van der Waals surface area (Å²) in [6, 6.07) is 0. The molecule has 0 bridgehead atoms. The van der Waals surface area contributed by atoms with E-state index < -0.39 is 11.3 Å². The van der Waals surface area contributed by atoms with E-state index in [1.54, 1.807) is 0 Å². The number of nitrogens with two attached hydrogens (primary N) is 1. The van der Waals surface area contributed by atoms with Crippen LogP contribution in [0, 0.1) is 5.41 Å². The van der Waals surface area contributed by atoms with E-state index in [9.17, 15) is 9.59 Å². The van der Waals surface area contributed by atoms with Crippen LogP contribution in [0.15, 0.2) is 0 Å². The number of amides is 2. The second kappa shape index (κ2) is 4.09. The molecule has 4 nitrogen and oxygen atoms in total. The van der Waals surface area contributed by atoms with E-state index in [2.05, 4.69) is 5.32 Å². The number of primary amides is 1. The molecule has 0 aromatic rings. The highest BCUT2D eigenvalue weighted by atomic mass is 16.2. The van der Waals surface area contributed by atoms with Crippen LogP contribution in [0.4, 0.5) is 0 Å². The monoisotopic (exact) mass is 172 g/mol. The standard InChI is InChI=1S/C6H10N2O2.C2H6/c1-8-5(10)6(2-3-6)4(7)9;1-2/h2-3H2,1H3,(H2,7,9)(H,8,10);1-2H3. The number of hydrogen-bond donors (Lipinski definition) is 2. The van der Waals surface area contributed by atoms with Gasteiger partial charge in [-0.3, -0.25) is 9.59 Å². The zero-order valence-electron chi connectivity index (χ0n) is 7.81. The SMILES string of the molecule is CC.CNC(=O)C1(C(N)=O)CC1. The largest absolute Gasteiger partial charge is 0.369 e. The van der Waals surface area contributed by atoms with Gasteiger partial charge in [-0.05, 0) is 12.8 Å². The molecule has 0 aromatic heterocycles. The Kier molecular flexibility index (Phi) is 3.73. The van der Waals surface area contributed by atoms with Crippen LogP contribution in [0.2, 0.25) is 0 Å². The Labute approximate surface area is 72.5 Å². The van der Waals surface area contributed by atoms with E-state index in [0.717, 1.165) is 0 Å². The second-order valence-electron chi connectivity index (χ2n) is 2.53. The average molecular weight is 172 g/mol. The lowest BCUT2D eigenvalue weighted by Crippen LogP contribution is -2.38. The molecule has 0 atom stereocenters. The fraction of sp³-hybridized carbons (Fsp3) is 0.750. The fourth-order valence-corrected chi connectivity index (χ4v) is 0.950. The summed E-state index contributed by atoms with van der Waals surface area (Å²) in [4.78, 5) is 21.6. The molecule has 0 saturated heterocycles. The van der Waals surface area contributed by atoms with Gasteiger partial charge in [-0.2, -0.15) is 0 Å². The van der Waals surface area contributed by atoms with Crippen molar-refractivity contribution >= 4 is 11.8 Å². The lowest BCUT2D eigenvalue weighted by Gasteiger charge is -2.06.